The monoisotopic (exact) mass is 294 g/mol. The largest absolute Gasteiger partial charge is 0.398 e. The zero-order valence-electron chi connectivity index (χ0n) is 10.3. The molecule has 0 aliphatic carbocycles. The van der Waals surface area contributed by atoms with Crippen LogP contribution in [0.5, 0.6) is 0 Å². The van der Waals surface area contributed by atoms with E-state index in [2.05, 4.69) is 4.72 Å². The van der Waals surface area contributed by atoms with Gasteiger partial charge in [0.1, 0.15) is 4.90 Å². The molecular weight excluding hydrogens is 280 g/mol. The summed E-state index contributed by atoms with van der Waals surface area (Å²) in [6.07, 6.45) is 1.96. The molecule has 0 aromatic heterocycles. The van der Waals surface area contributed by atoms with Gasteiger partial charge in [-0.1, -0.05) is 12.1 Å². The molecule has 0 bridgehead atoms. The average molecular weight is 294 g/mol. The molecule has 0 aliphatic heterocycles. The van der Waals surface area contributed by atoms with Crippen molar-refractivity contribution in [2.24, 2.45) is 0 Å². The molecule has 4 nitrogen and oxygen atoms in total. The van der Waals surface area contributed by atoms with Crippen LogP contribution in [0.25, 0.3) is 0 Å². The fraction of sp³-hybridized carbons (Fsp3) is 0.0769. The highest BCUT2D eigenvalue weighted by atomic mass is 32.2. The first-order valence-electron chi connectivity index (χ1n) is 5.54. The van der Waals surface area contributed by atoms with E-state index < -0.39 is 10.0 Å². The van der Waals surface area contributed by atoms with Gasteiger partial charge < -0.3 is 5.73 Å². The van der Waals surface area contributed by atoms with E-state index in [1.807, 2.05) is 18.4 Å². The standard InChI is InChI=1S/C13H14N2O2S2/c1-18-11-8-6-10(7-9-11)15-19(16,17)13-5-3-2-4-12(13)14/h2-9,15H,14H2,1H3. The van der Waals surface area contributed by atoms with E-state index in [1.54, 1.807) is 42.1 Å². The number of benzene rings is 2. The van der Waals surface area contributed by atoms with Crippen LogP contribution in [0.15, 0.2) is 58.3 Å². The summed E-state index contributed by atoms with van der Waals surface area (Å²) in [5.41, 5.74) is 6.43. The van der Waals surface area contributed by atoms with Crippen LogP contribution >= 0.6 is 11.8 Å². The molecule has 19 heavy (non-hydrogen) atoms. The lowest BCUT2D eigenvalue weighted by Gasteiger charge is -2.10. The number of hydrogen-bond acceptors (Lipinski definition) is 4. The topological polar surface area (TPSA) is 72.2 Å². The Kier molecular flexibility index (Phi) is 4.01. The summed E-state index contributed by atoms with van der Waals surface area (Å²) < 4.78 is 26.9. The summed E-state index contributed by atoms with van der Waals surface area (Å²) in [5, 5.41) is 0. The van der Waals surface area contributed by atoms with E-state index in [9.17, 15) is 8.42 Å². The molecule has 0 spiro atoms. The first-order chi connectivity index (χ1) is 9.03. The molecular formula is C13H14N2O2S2. The number of para-hydroxylation sites is 1. The summed E-state index contributed by atoms with van der Waals surface area (Å²) in [4.78, 5) is 1.16. The number of hydrogen-bond donors (Lipinski definition) is 2. The maximum Gasteiger partial charge on any atom is 0.263 e. The summed E-state index contributed by atoms with van der Waals surface area (Å²) in [5.74, 6) is 0. The van der Waals surface area contributed by atoms with Crippen molar-refractivity contribution in [3.8, 4) is 0 Å². The Morgan fingerprint density at radius 3 is 2.26 bits per heavy atom. The Balaban J connectivity index is 2.28. The van der Waals surface area contributed by atoms with E-state index in [1.165, 1.54) is 6.07 Å². The first-order valence-corrected chi connectivity index (χ1v) is 8.25. The minimum absolute atomic E-state index is 0.0870. The highest BCUT2D eigenvalue weighted by Gasteiger charge is 2.16. The summed E-state index contributed by atoms with van der Waals surface area (Å²) in [7, 11) is -3.65. The van der Waals surface area contributed by atoms with Gasteiger partial charge in [0, 0.05) is 10.6 Å². The second-order valence-corrected chi connectivity index (χ2v) is 6.40. The third-order valence-corrected chi connectivity index (χ3v) is 4.75. The second-order valence-electron chi connectivity index (χ2n) is 3.87. The molecule has 0 atom stereocenters. The van der Waals surface area contributed by atoms with Crippen molar-refractivity contribution in [3.05, 3.63) is 48.5 Å². The van der Waals surface area contributed by atoms with Gasteiger partial charge in [0.2, 0.25) is 0 Å². The summed E-state index contributed by atoms with van der Waals surface area (Å²) in [6.45, 7) is 0. The molecule has 0 fully saturated rings. The maximum absolute atomic E-state index is 12.2. The number of nitrogens with two attached hydrogens (primary N) is 1. The Morgan fingerprint density at radius 2 is 1.68 bits per heavy atom. The van der Waals surface area contributed by atoms with Crippen LogP contribution in [0, 0.1) is 0 Å². The van der Waals surface area contributed by atoms with Crippen LogP contribution in [0.3, 0.4) is 0 Å². The smallest absolute Gasteiger partial charge is 0.263 e. The average Bonchev–Trinajstić information content (AvgIpc) is 2.39. The molecule has 2 aromatic rings. The van der Waals surface area contributed by atoms with Crippen LogP contribution in [0.2, 0.25) is 0 Å². The fourth-order valence-corrected chi connectivity index (χ4v) is 3.20. The molecule has 0 saturated carbocycles. The van der Waals surface area contributed by atoms with Crippen molar-refractivity contribution in [2.45, 2.75) is 9.79 Å². The van der Waals surface area contributed by atoms with E-state index in [0.717, 1.165) is 4.90 Å². The van der Waals surface area contributed by atoms with Gasteiger partial charge in [-0.25, -0.2) is 8.42 Å². The Hall–Kier alpha value is -1.66. The van der Waals surface area contributed by atoms with Crippen molar-refractivity contribution in [3.63, 3.8) is 0 Å². The maximum atomic E-state index is 12.2. The quantitative estimate of drug-likeness (QED) is 0.672. The highest BCUT2D eigenvalue weighted by molar-refractivity contribution is 7.98. The second kappa shape index (κ2) is 5.54. The minimum Gasteiger partial charge on any atom is -0.398 e. The van der Waals surface area contributed by atoms with Gasteiger partial charge >= 0.3 is 0 Å². The van der Waals surface area contributed by atoms with Crippen LogP contribution in [-0.4, -0.2) is 14.7 Å². The first kappa shape index (κ1) is 13.8. The van der Waals surface area contributed by atoms with Gasteiger partial charge in [-0.15, -0.1) is 11.8 Å². The Bertz CT molecular complexity index is 667. The summed E-state index contributed by atoms with van der Waals surface area (Å²) >= 11 is 1.60. The number of anilines is 2. The number of nitrogen functional groups attached to an aromatic ring is 1. The van der Waals surface area contributed by atoms with E-state index in [-0.39, 0.29) is 10.6 Å². The molecule has 0 unspecified atom stereocenters. The molecule has 0 heterocycles. The molecule has 2 aromatic carbocycles. The Morgan fingerprint density at radius 1 is 1.05 bits per heavy atom. The van der Waals surface area contributed by atoms with Gasteiger partial charge in [-0.2, -0.15) is 0 Å². The van der Waals surface area contributed by atoms with Crippen LogP contribution in [0.4, 0.5) is 11.4 Å². The third kappa shape index (κ3) is 3.21. The van der Waals surface area contributed by atoms with Crippen molar-refractivity contribution >= 4 is 33.2 Å². The molecule has 0 aliphatic rings. The molecule has 3 N–H and O–H groups in total. The lowest BCUT2D eigenvalue weighted by atomic mass is 10.3. The molecule has 0 radical (unpaired) electrons. The number of nitrogens with one attached hydrogen (secondary N) is 1. The minimum atomic E-state index is -3.65. The molecule has 0 saturated heterocycles. The van der Waals surface area contributed by atoms with E-state index >= 15 is 0 Å². The van der Waals surface area contributed by atoms with Crippen LogP contribution in [0.1, 0.15) is 0 Å². The third-order valence-electron chi connectivity index (χ3n) is 2.55. The highest BCUT2D eigenvalue weighted by Crippen LogP contribution is 2.22. The zero-order chi connectivity index (χ0) is 13.9. The zero-order valence-corrected chi connectivity index (χ0v) is 12.0. The number of sulfonamides is 1. The van der Waals surface area contributed by atoms with Gasteiger partial charge in [0.25, 0.3) is 10.0 Å². The van der Waals surface area contributed by atoms with Gasteiger partial charge in [-0.05, 0) is 42.7 Å². The Labute approximate surface area is 117 Å². The normalized spacial score (nSPS) is 11.2. The van der Waals surface area contributed by atoms with E-state index in [0.29, 0.717) is 5.69 Å². The van der Waals surface area contributed by atoms with E-state index in [4.69, 9.17) is 5.73 Å². The number of thioether (sulfide) groups is 1. The number of rotatable bonds is 4. The van der Waals surface area contributed by atoms with Crippen LogP contribution < -0.4 is 10.5 Å². The predicted octanol–water partition coefficient (Wildman–Crippen LogP) is 2.79. The SMILES string of the molecule is CSc1ccc(NS(=O)(=O)c2ccccc2N)cc1. The van der Waals surface area contributed by atoms with Crippen LogP contribution in [-0.2, 0) is 10.0 Å². The van der Waals surface area contributed by atoms with Gasteiger partial charge in [0.05, 0.1) is 5.69 Å². The molecule has 6 heteroatoms. The molecule has 2 rings (SSSR count). The molecule has 0 amide bonds. The van der Waals surface area contributed by atoms with Crippen molar-refractivity contribution in [1.82, 2.24) is 0 Å². The van der Waals surface area contributed by atoms with Gasteiger partial charge in [-0.3, -0.25) is 4.72 Å². The lowest BCUT2D eigenvalue weighted by molar-refractivity contribution is 0.601. The predicted molar refractivity (Wildman–Crippen MR) is 79.9 cm³/mol. The lowest BCUT2D eigenvalue weighted by Crippen LogP contribution is -2.14. The fourth-order valence-electron chi connectivity index (χ4n) is 1.59. The van der Waals surface area contributed by atoms with Gasteiger partial charge in [0.15, 0.2) is 0 Å². The van der Waals surface area contributed by atoms with Crippen molar-refractivity contribution in [2.75, 3.05) is 16.7 Å². The van der Waals surface area contributed by atoms with Crippen molar-refractivity contribution in [1.29, 1.82) is 0 Å². The molecule has 100 valence electrons. The van der Waals surface area contributed by atoms with Crippen molar-refractivity contribution < 1.29 is 8.42 Å². The summed E-state index contributed by atoms with van der Waals surface area (Å²) in [6, 6.07) is 13.5.